The van der Waals surface area contributed by atoms with Gasteiger partial charge in [0, 0.05) is 36.6 Å². The van der Waals surface area contributed by atoms with Gasteiger partial charge in [-0.1, -0.05) is 31.2 Å². The Morgan fingerprint density at radius 2 is 1.79 bits per heavy atom. The lowest BCUT2D eigenvalue weighted by molar-refractivity contribution is 0.103. The number of fused-ring (bicyclic) bond motifs is 1. The van der Waals surface area contributed by atoms with Gasteiger partial charge in [-0.2, -0.15) is 4.31 Å². The summed E-state index contributed by atoms with van der Waals surface area (Å²) in [5, 5.41) is 3.85. The summed E-state index contributed by atoms with van der Waals surface area (Å²) in [6, 6.07) is 16.2. The zero-order valence-electron chi connectivity index (χ0n) is 16.2. The number of sulfonamides is 1. The molecule has 0 spiro atoms. The molecule has 2 aromatic carbocycles. The molecule has 0 aliphatic carbocycles. The Bertz CT molecular complexity index is 1100. The minimum atomic E-state index is -3.58. The molecule has 1 amide bonds. The van der Waals surface area contributed by atoms with Gasteiger partial charge in [0.1, 0.15) is 0 Å². The van der Waals surface area contributed by atoms with Gasteiger partial charge >= 0.3 is 0 Å². The quantitative estimate of drug-likeness (QED) is 0.674. The zero-order valence-corrected chi connectivity index (χ0v) is 17.8. The van der Waals surface area contributed by atoms with Crippen LogP contribution in [0.2, 0.25) is 0 Å². The lowest BCUT2D eigenvalue weighted by atomic mass is 10.2. The van der Waals surface area contributed by atoms with E-state index in [9.17, 15) is 13.2 Å². The van der Waals surface area contributed by atoms with E-state index in [0.29, 0.717) is 23.7 Å². The summed E-state index contributed by atoms with van der Waals surface area (Å²) in [6.07, 6.45) is 0. The number of nitrogens with zero attached hydrogens (tertiary/aromatic N) is 2. The standard InChI is InChI=1S/C21H23N3O3S2/c1-2-23-10-12-24(13-11-23)29(26,27)18-8-5-7-17(15-18)22-21(25)20-14-16-6-3-4-9-19(16)28-20/h3-9,14-15H,2,10-13H2,1H3,(H,22,25). The van der Waals surface area contributed by atoms with Crippen LogP contribution in [0.1, 0.15) is 16.6 Å². The fourth-order valence-electron chi connectivity index (χ4n) is 3.46. The molecule has 0 radical (unpaired) electrons. The second-order valence-corrected chi connectivity index (χ2v) is 9.99. The Kier molecular flexibility index (Phi) is 5.69. The first-order valence-corrected chi connectivity index (χ1v) is 11.9. The summed E-state index contributed by atoms with van der Waals surface area (Å²) in [6.45, 7) is 5.43. The van der Waals surface area contributed by atoms with Gasteiger partial charge in [-0.05, 0) is 42.3 Å². The van der Waals surface area contributed by atoms with E-state index in [1.807, 2.05) is 30.3 Å². The van der Waals surface area contributed by atoms with Crippen LogP contribution in [0, 0.1) is 0 Å². The summed E-state index contributed by atoms with van der Waals surface area (Å²) >= 11 is 1.42. The highest BCUT2D eigenvalue weighted by atomic mass is 32.2. The first kappa shape index (κ1) is 20.0. The molecule has 1 N–H and O–H groups in total. The monoisotopic (exact) mass is 429 g/mol. The van der Waals surface area contributed by atoms with Crippen LogP contribution in [0.5, 0.6) is 0 Å². The van der Waals surface area contributed by atoms with E-state index in [4.69, 9.17) is 0 Å². The number of amides is 1. The van der Waals surface area contributed by atoms with Crippen LogP contribution < -0.4 is 5.32 Å². The van der Waals surface area contributed by atoms with E-state index >= 15 is 0 Å². The fraction of sp³-hybridized carbons (Fsp3) is 0.286. The van der Waals surface area contributed by atoms with Crippen molar-refractivity contribution < 1.29 is 13.2 Å². The summed E-state index contributed by atoms with van der Waals surface area (Å²) < 4.78 is 28.6. The third-order valence-corrected chi connectivity index (χ3v) is 8.17. The number of carbonyl (C=O) groups excluding carboxylic acids is 1. The highest BCUT2D eigenvalue weighted by Crippen LogP contribution is 2.27. The normalized spacial score (nSPS) is 16.2. The van der Waals surface area contributed by atoms with Crippen molar-refractivity contribution >= 4 is 43.0 Å². The Morgan fingerprint density at radius 1 is 1.03 bits per heavy atom. The van der Waals surface area contributed by atoms with E-state index in [1.54, 1.807) is 18.2 Å². The fourth-order valence-corrected chi connectivity index (χ4v) is 5.88. The number of anilines is 1. The Hall–Kier alpha value is -2.26. The predicted octanol–water partition coefficient (Wildman–Crippen LogP) is 3.48. The average molecular weight is 430 g/mol. The van der Waals surface area contributed by atoms with Crippen molar-refractivity contribution in [2.45, 2.75) is 11.8 Å². The molecule has 1 aliphatic heterocycles. The van der Waals surface area contributed by atoms with Gasteiger partial charge in [0.05, 0.1) is 9.77 Å². The molecule has 0 unspecified atom stereocenters. The van der Waals surface area contributed by atoms with Crippen molar-refractivity contribution in [3.05, 3.63) is 59.5 Å². The number of likely N-dealkylation sites (N-methyl/N-ethyl adjacent to an activating group) is 1. The number of piperazine rings is 1. The zero-order chi connectivity index (χ0) is 20.4. The molecular formula is C21H23N3O3S2. The minimum absolute atomic E-state index is 0.205. The van der Waals surface area contributed by atoms with Crippen LogP contribution in [0.25, 0.3) is 10.1 Å². The summed E-state index contributed by atoms with van der Waals surface area (Å²) in [7, 11) is -3.58. The number of hydrogen-bond acceptors (Lipinski definition) is 5. The topological polar surface area (TPSA) is 69.7 Å². The van der Waals surface area contributed by atoms with E-state index in [-0.39, 0.29) is 10.8 Å². The first-order chi connectivity index (χ1) is 14.0. The molecule has 2 heterocycles. The van der Waals surface area contributed by atoms with Crippen LogP contribution in [-0.4, -0.2) is 56.3 Å². The maximum absolute atomic E-state index is 13.0. The Balaban J connectivity index is 1.51. The van der Waals surface area contributed by atoms with Gasteiger partial charge in [0.25, 0.3) is 5.91 Å². The summed E-state index contributed by atoms with van der Waals surface area (Å²) in [4.78, 5) is 15.7. The van der Waals surface area contributed by atoms with Gasteiger partial charge in [0.2, 0.25) is 10.0 Å². The summed E-state index contributed by atoms with van der Waals surface area (Å²) in [5.74, 6) is -0.239. The van der Waals surface area contributed by atoms with Crippen molar-refractivity contribution in [1.82, 2.24) is 9.21 Å². The molecule has 29 heavy (non-hydrogen) atoms. The second kappa shape index (κ2) is 8.23. The van der Waals surface area contributed by atoms with E-state index < -0.39 is 10.0 Å². The molecule has 8 heteroatoms. The third kappa shape index (κ3) is 4.20. The van der Waals surface area contributed by atoms with E-state index in [0.717, 1.165) is 29.7 Å². The van der Waals surface area contributed by atoms with Crippen LogP contribution in [0.4, 0.5) is 5.69 Å². The van der Waals surface area contributed by atoms with Crippen LogP contribution in [-0.2, 0) is 10.0 Å². The highest BCUT2D eigenvalue weighted by molar-refractivity contribution is 7.89. The van der Waals surface area contributed by atoms with Crippen LogP contribution >= 0.6 is 11.3 Å². The molecule has 0 bridgehead atoms. The molecule has 6 nitrogen and oxygen atoms in total. The van der Waals surface area contributed by atoms with Crippen molar-refractivity contribution in [3.63, 3.8) is 0 Å². The first-order valence-electron chi connectivity index (χ1n) is 9.60. The molecule has 1 aromatic heterocycles. The minimum Gasteiger partial charge on any atom is -0.321 e. The van der Waals surface area contributed by atoms with Crippen molar-refractivity contribution in [1.29, 1.82) is 0 Å². The maximum atomic E-state index is 13.0. The van der Waals surface area contributed by atoms with Crippen molar-refractivity contribution in [3.8, 4) is 0 Å². The number of thiophene rings is 1. The van der Waals surface area contributed by atoms with E-state index in [2.05, 4.69) is 17.1 Å². The second-order valence-electron chi connectivity index (χ2n) is 6.97. The molecular weight excluding hydrogens is 406 g/mol. The predicted molar refractivity (Wildman–Crippen MR) is 117 cm³/mol. The van der Waals surface area contributed by atoms with Crippen molar-refractivity contribution in [2.75, 3.05) is 38.0 Å². The highest BCUT2D eigenvalue weighted by Gasteiger charge is 2.28. The number of carbonyl (C=O) groups is 1. The van der Waals surface area contributed by atoms with Gasteiger partial charge in [-0.15, -0.1) is 11.3 Å². The van der Waals surface area contributed by atoms with Gasteiger partial charge < -0.3 is 10.2 Å². The number of rotatable bonds is 5. The molecule has 1 saturated heterocycles. The molecule has 152 valence electrons. The van der Waals surface area contributed by atoms with Crippen LogP contribution in [0.3, 0.4) is 0 Å². The largest absolute Gasteiger partial charge is 0.321 e. The smallest absolute Gasteiger partial charge is 0.265 e. The maximum Gasteiger partial charge on any atom is 0.265 e. The number of hydrogen-bond donors (Lipinski definition) is 1. The van der Waals surface area contributed by atoms with Crippen LogP contribution in [0.15, 0.2) is 59.5 Å². The lowest BCUT2D eigenvalue weighted by Crippen LogP contribution is -2.48. The molecule has 4 rings (SSSR count). The van der Waals surface area contributed by atoms with Gasteiger partial charge in [-0.3, -0.25) is 4.79 Å². The number of benzene rings is 2. The van der Waals surface area contributed by atoms with Crippen molar-refractivity contribution in [2.24, 2.45) is 0 Å². The third-order valence-electron chi connectivity index (χ3n) is 5.16. The Labute approximate surface area is 174 Å². The van der Waals surface area contributed by atoms with Gasteiger partial charge in [0.15, 0.2) is 0 Å². The molecule has 1 fully saturated rings. The van der Waals surface area contributed by atoms with Gasteiger partial charge in [-0.25, -0.2) is 8.42 Å². The molecule has 0 saturated carbocycles. The molecule has 3 aromatic rings. The van der Waals surface area contributed by atoms with E-state index in [1.165, 1.54) is 21.7 Å². The lowest BCUT2D eigenvalue weighted by Gasteiger charge is -2.33. The average Bonchev–Trinajstić information content (AvgIpc) is 3.18. The molecule has 1 aliphatic rings. The summed E-state index contributed by atoms with van der Waals surface area (Å²) in [5.41, 5.74) is 0.473. The SMILES string of the molecule is CCN1CCN(S(=O)(=O)c2cccc(NC(=O)c3cc4ccccc4s3)c2)CC1. The Morgan fingerprint density at radius 3 is 2.52 bits per heavy atom. The molecule has 0 atom stereocenters. The number of nitrogens with one attached hydrogen (secondary N) is 1.